The molecule has 1 rings (SSSR count). The van der Waals surface area contributed by atoms with Gasteiger partial charge < -0.3 is 10.5 Å². The first kappa shape index (κ1) is 18.0. The van der Waals surface area contributed by atoms with Crippen LogP contribution in [0.5, 0.6) is 5.88 Å². The van der Waals surface area contributed by atoms with E-state index in [-0.39, 0.29) is 23.2 Å². The largest absolute Gasteiger partial charge is 0.481 e. The number of alkyl halides is 2. The van der Waals surface area contributed by atoms with Crippen molar-refractivity contribution in [2.75, 3.05) is 20.2 Å². The predicted octanol–water partition coefficient (Wildman–Crippen LogP) is 0.384. The van der Waals surface area contributed by atoms with Crippen molar-refractivity contribution in [1.29, 1.82) is 0 Å². The summed E-state index contributed by atoms with van der Waals surface area (Å²) in [7, 11) is -2.66. The normalized spacial score (nSPS) is 11.8. The van der Waals surface area contributed by atoms with Gasteiger partial charge in [0.1, 0.15) is 4.90 Å². The van der Waals surface area contributed by atoms with Gasteiger partial charge in [-0.2, -0.15) is 0 Å². The molecular formula is C9H14ClF2N3O3S. The fourth-order valence-corrected chi connectivity index (χ4v) is 2.01. The summed E-state index contributed by atoms with van der Waals surface area (Å²) < 4.78 is 55.4. The molecule has 0 aliphatic rings. The number of nitrogens with two attached hydrogens (primary N) is 1. The van der Waals surface area contributed by atoms with Crippen molar-refractivity contribution >= 4 is 22.4 Å². The Morgan fingerprint density at radius 3 is 2.53 bits per heavy atom. The summed E-state index contributed by atoms with van der Waals surface area (Å²) in [4.78, 5) is 3.45. The van der Waals surface area contributed by atoms with Crippen LogP contribution in [0.4, 0.5) is 8.78 Å². The van der Waals surface area contributed by atoms with E-state index in [9.17, 15) is 17.2 Å². The summed E-state index contributed by atoms with van der Waals surface area (Å²) in [6.45, 7) is -1.99. The fraction of sp³-hybridized carbons (Fsp3) is 0.444. The second-order valence-corrected chi connectivity index (χ2v) is 5.19. The van der Waals surface area contributed by atoms with Gasteiger partial charge >= 0.3 is 0 Å². The third-order valence-corrected chi connectivity index (χ3v) is 3.43. The number of pyridine rings is 1. The van der Waals surface area contributed by atoms with Crippen molar-refractivity contribution in [3.8, 4) is 5.88 Å². The zero-order chi connectivity index (χ0) is 13.8. The molecule has 0 spiro atoms. The molecule has 0 aliphatic carbocycles. The average Bonchev–Trinajstić information content (AvgIpc) is 2.37. The second-order valence-electron chi connectivity index (χ2n) is 3.42. The first-order chi connectivity index (χ1) is 8.30. The molecule has 1 aromatic rings. The Kier molecular flexibility index (Phi) is 6.57. The Morgan fingerprint density at radius 2 is 2.11 bits per heavy atom. The lowest BCUT2D eigenvalue weighted by atomic mass is 10.3. The van der Waals surface area contributed by atoms with Gasteiger partial charge in [0.15, 0.2) is 0 Å². The number of hydrogen-bond donors (Lipinski definition) is 2. The number of methoxy groups -OCH3 is 1. The summed E-state index contributed by atoms with van der Waals surface area (Å²) in [6, 6.07) is 2.52. The van der Waals surface area contributed by atoms with E-state index in [1.807, 2.05) is 0 Å². The van der Waals surface area contributed by atoms with Crippen LogP contribution in [-0.2, 0) is 10.0 Å². The molecular weight excluding hydrogens is 304 g/mol. The number of sulfonamides is 1. The Morgan fingerprint density at radius 1 is 1.47 bits per heavy atom. The van der Waals surface area contributed by atoms with Crippen LogP contribution in [0.2, 0.25) is 0 Å². The van der Waals surface area contributed by atoms with Crippen LogP contribution >= 0.6 is 12.4 Å². The van der Waals surface area contributed by atoms with Crippen LogP contribution in [0.1, 0.15) is 0 Å². The second kappa shape index (κ2) is 6.94. The van der Waals surface area contributed by atoms with Gasteiger partial charge in [-0.1, -0.05) is 0 Å². The summed E-state index contributed by atoms with van der Waals surface area (Å²) in [5.41, 5.74) is 4.80. The third-order valence-electron chi connectivity index (χ3n) is 2.05. The molecule has 110 valence electrons. The zero-order valence-corrected chi connectivity index (χ0v) is 11.6. The highest BCUT2D eigenvalue weighted by Gasteiger charge is 2.29. The van der Waals surface area contributed by atoms with Crippen LogP contribution in [0.3, 0.4) is 0 Å². The summed E-state index contributed by atoms with van der Waals surface area (Å²) >= 11 is 0. The molecule has 0 aliphatic heterocycles. The average molecular weight is 318 g/mol. The van der Waals surface area contributed by atoms with Crippen molar-refractivity contribution < 1.29 is 21.9 Å². The third kappa shape index (κ3) is 5.23. The lowest BCUT2D eigenvalue weighted by Gasteiger charge is -2.14. The number of aromatic nitrogens is 1. The first-order valence-corrected chi connectivity index (χ1v) is 6.37. The van der Waals surface area contributed by atoms with Crippen molar-refractivity contribution in [3.05, 3.63) is 18.3 Å². The molecule has 0 unspecified atom stereocenters. The molecule has 0 saturated carbocycles. The maximum Gasteiger partial charge on any atom is 0.273 e. The van der Waals surface area contributed by atoms with Crippen molar-refractivity contribution in [2.24, 2.45) is 5.73 Å². The highest BCUT2D eigenvalue weighted by atomic mass is 35.5. The van der Waals surface area contributed by atoms with E-state index in [1.165, 1.54) is 19.2 Å². The summed E-state index contributed by atoms with van der Waals surface area (Å²) in [6.07, 6.45) is 1.02. The van der Waals surface area contributed by atoms with Crippen molar-refractivity contribution in [2.45, 2.75) is 10.8 Å². The van der Waals surface area contributed by atoms with Crippen molar-refractivity contribution in [1.82, 2.24) is 9.71 Å². The van der Waals surface area contributed by atoms with Gasteiger partial charge in [-0.05, 0) is 6.07 Å². The van der Waals surface area contributed by atoms with E-state index in [4.69, 9.17) is 10.5 Å². The fourth-order valence-electron chi connectivity index (χ4n) is 1.00. The minimum Gasteiger partial charge on any atom is -0.481 e. The molecule has 0 fully saturated rings. The van der Waals surface area contributed by atoms with E-state index in [2.05, 4.69) is 4.98 Å². The van der Waals surface area contributed by atoms with Crippen LogP contribution in [0.25, 0.3) is 0 Å². The number of hydrogen-bond acceptors (Lipinski definition) is 5. The maximum atomic E-state index is 12.8. The van der Waals surface area contributed by atoms with E-state index in [0.29, 0.717) is 0 Å². The molecule has 6 nitrogen and oxygen atoms in total. The maximum absolute atomic E-state index is 12.8. The van der Waals surface area contributed by atoms with Gasteiger partial charge in [-0.15, -0.1) is 12.4 Å². The molecule has 0 saturated heterocycles. The van der Waals surface area contributed by atoms with Crippen LogP contribution in [-0.4, -0.2) is 39.5 Å². The van der Waals surface area contributed by atoms with Gasteiger partial charge in [0.05, 0.1) is 26.4 Å². The highest BCUT2D eigenvalue weighted by Crippen LogP contribution is 2.14. The molecule has 1 heterocycles. The molecule has 0 bridgehead atoms. The van der Waals surface area contributed by atoms with E-state index in [1.54, 1.807) is 4.72 Å². The van der Waals surface area contributed by atoms with E-state index in [0.717, 1.165) is 6.20 Å². The van der Waals surface area contributed by atoms with Crippen LogP contribution in [0.15, 0.2) is 23.2 Å². The van der Waals surface area contributed by atoms with Gasteiger partial charge in [-0.25, -0.2) is 26.9 Å². The Labute approximate surface area is 115 Å². The minimum atomic E-state index is -4.03. The molecule has 0 amide bonds. The van der Waals surface area contributed by atoms with Gasteiger partial charge in [0.2, 0.25) is 15.9 Å². The predicted molar refractivity (Wildman–Crippen MR) is 67.2 cm³/mol. The topological polar surface area (TPSA) is 94.3 Å². The number of rotatable bonds is 6. The molecule has 0 atom stereocenters. The quantitative estimate of drug-likeness (QED) is 0.791. The zero-order valence-electron chi connectivity index (χ0n) is 9.97. The van der Waals surface area contributed by atoms with Gasteiger partial charge in [-0.3, -0.25) is 0 Å². The monoisotopic (exact) mass is 317 g/mol. The van der Waals surface area contributed by atoms with Gasteiger partial charge in [0.25, 0.3) is 5.92 Å². The number of halogens is 3. The highest BCUT2D eigenvalue weighted by molar-refractivity contribution is 7.89. The van der Waals surface area contributed by atoms with E-state index >= 15 is 0 Å². The van der Waals surface area contributed by atoms with Gasteiger partial charge in [0, 0.05) is 6.07 Å². The molecule has 0 radical (unpaired) electrons. The lowest BCUT2D eigenvalue weighted by molar-refractivity contribution is 0.0170. The molecule has 10 heteroatoms. The standard InChI is InChI=1S/C9H13F2N3O3S.ClH/c1-17-8-3-2-7(4-13-8)18(15,16)14-6-9(10,11)5-12;/h2-4,14H,5-6,12H2,1H3;1H. The van der Waals surface area contributed by atoms with Crippen LogP contribution in [0, 0.1) is 0 Å². The smallest absolute Gasteiger partial charge is 0.273 e. The number of ether oxygens (including phenoxy) is 1. The number of nitrogens with zero attached hydrogens (tertiary/aromatic N) is 1. The van der Waals surface area contributed by atoms with E-state index < -0.39 is 29.0 Å². The molecule has 19 heavy (non-hydrogen) atoms. The Hall–Kier alpha value is -1.03. The first-order valence-electron chi connectivity index (χ1n) is 4.88. The molecule has 3 N–H and O–H groups in total. The SMILES string of the molecule is COc1ccc(S(=O)(=O)NCC(F)(F)CN)cn1.Cl. The molecule has 1 aromatic heterocycles. The Balaban J connectivity index is 0.00000324. The number of nitrogens with one attached hydrogen (secondary N) is 1. The summed E-state index contributed by atoms with van der Waals surface area (Å²) in [5, 5.41) is 0. The summed E-state index contributed by atoms with van der Waals surface area (Å²) in [5.74, 6) is -3.06. The minimum absolute atomic E-state index is 0. The lowest BCUT2D eigenvalue weighted by Crippen LogP contribution is -2.41. The van der Waals surface area contributed by atoms with Crippen LogP contribution < -0.4 is 15.2 Å². The van der Waals surface area contributed by atoms with Crippen molar-refractivity contribution in [3.63, 3.8) is 0 Å². The Bertz CT molecular complexity index is 496. The molecule has 0 aromatic carbocycles.